The maximum atomic E-state index is 12.4. The van der Waals surface area contributed by atoms with E-state index in [-0.39, 0.29) is 16.6 Å². The van der Waals surface area contributed by atoms with Crippen LogP contribution in [0.2, 0.25) is 0 Å². The predicted molar refractivity (Wildman–Crippen MR) is 118 cm³/mol. The lowest BCUT2D eigenvalue weighted by Crippen LogP contribution is -2.22. The fourth-order valence-electron chi connectivity index (χ4n) is 2.67. The van der Waals surface area contributed by atoms with Crippen LogP contribution < -0.4 is 5.32 Å². The molecule has 1 aromatic heterocycles. The number of amides is 1. The Bertz CT molecular complexity index is 1160. The van der Waals surface area contributed by atoms with Gasteiger partial charge < -0.3 is 9.88 Å². The minimum atomic E-state index is -3.57. The molecule has 1 heterocycles. The van der Waals surface area contributed by atoms with Gasteiger partial charge in [0.05, 0.1) is 10.6 Å². The van der Waals surface area contributed by atoms with Crippen molar-refractivity contribution in [2.75, 3.05) is 25.2 Å². The van der Waals surface area contributed by atoms with Gasteiger partial charge >= 0.3 is 0 Å². The number of hydrogen-bond acceptors (Lipinski definition) is 6. The van der Waals surface area contributed by atoms with Gasteiger partial charge in [-0.3, -0.25) is 4.79 Å². The van der Waals surface area contributed by atoms with E-state index >= 15 is 0 Å². The van der Waals surface area contributed by atoms with Crippen molar-refractivity contribution in [1.29, 1.82) is 0 Å². The Morgan fingerprint density at radius 1 is 1.13 bits per heavy atom. The highest BCUT2D eigenvalue weighted by Crippen LogP contribution is 2.23. The molecule has 10 heteroatoms. The molecule has 0 bridgehead atoms. The van der Waals surface area contributed by atoms with E-state index in [1.165, 1.54) is 38.0 Å². The van der Waals surface area contributed by atoms with E-state index in [9.17, 15) is 13.2 Å². The Kier molecular flexibility index (Phi) is 6.59. The molecule has 3 rings (SSSR count). The number of carbonyl (C=O) groups is 1. The maximum Gasteiger partial charge on any atom is 0.242 e. The molecule has 2 aromatic carbocycles. The van der Waals surface area contributed by atoms with Gasteiger partial charge in [0.2, 0.25) is 15.9 Å². The molecule has 0 unspecified atom stereocenters. The number of rotatable bonds is 7. The molecule has 0 saturated carbocycles. The summed E-state index contributed by atoms with van der Waals surface area (Å²) in [5, 5.41) is 11.7. The van der Waals surface area contributed by atoms with Gasteiger partial charge in [0.25, 0.3) is 0 Å². The molecule has 0 aliphatic rings. The van der Waals surface area contributed by atoms with E-state index in [4.69, 9.17) is 0 Å². The number of nitrogens with zero attached hydrogens (tertiary/aromatic N) is 4. The molecular formula is C20H23N5O3S2. The number of benzene rings is 2. The van der Waals surface area contributed by atoms with Gasteiger partial charge in [-0.05, 0) is 25.1 Å². The zero-order chi connectivity index (χ0) is 21.9. The number of thioether (sulfide) groups is 1. The smallest absolute Gasteiger partial charge is 0.242 e. The largest absolute Gasteiger partial charge is 0.325 e. The highest BCUT2D eigenvalue weighted by atomic mass is 32.2. The molecule has 0 fully saturated rings. The number of aryl methyl sites for hydroxylation is 1. The molecule has 1 amide bonds. The molecule has 0 aliphatic heterocycles. The molecule has 0 atom stereocenters. The first-order chi connectivity index (χ1) is 14.2. The summed E-state index contributed by atoms with van der Waals surface area (Å²) in [6.07, 6.45) is 0. The summed E-state index contributed by atoms with van der Waals surface area (Å²) in [6.45, 7) is 2.02. The highest BCUT2D eigenvalue weighted by molar-refractivity contribution is 7.99. The van der Waals surface area contributed by atoms with Gasteiger partial charge in [-0.15, -0.1) is 10.2 Å². The number of sulfonamides is 1. The van der Waals surface area contributed by atoms with Crippen molar-refractivity contribution in [3.05, 3.63) is 54.1 Å². The SMILES string of the molecule is Cc1ccc(-c2nnc(SCC(=O)Nc3cccc(S(=O)(=O)N(C)C)c3)n2C)cc1. The minimum absolute atomic E-state index is 0.116. The van der Waals surface area contributed by atoms with Crippen molar-refractivity contribution in [2.24, 2.45) is 7.05 Å². The van der Waals surface area contributed by atoms with Gasteiger partial charge in [0.1, 0.15) is 0 Å². The van der Waals surface area contributed by atoms with E-state index in [0.717, 1.165) is 21.3 Å². The van der Waals surface area contributed by atoms with Crippen LogP contribution in [0.5, 0.6) is 0 Å². The normalized spacial score (nSPS) is 11.6. The number of carbonyl (C=O) groups excluding carboxylic acids is 1. The minimum Gasteiger partial charge on any atom is -0.325 e. The van der Waals surface area contributed by atoms with Gasteiger partial charge in [-0.1, -0.05) is 47.7 Å². The lowest BCUT2D eigenvalue weighted by atomic mass is 10.1. The molecule has 0 saturated heterocycles. The molecule has 8 nitrogen and oxygen atoms in total. The summed E-state index contributed by atoms with van der Waals surface area (Å²) in [5.41, 5.74) is 2.53. The zero-order valence-electron chi connectivity index (χ0n) is 17.2. The molecule has 0 radical (unpaired) electrons. The van der Waals surface area contributed by atoms with Crippen LogP contribution in [-0.2, 0) is 21.9 Å². The number of nitrogens with one attached hydrogen (secondary N) is 1. The Morgan fingerprint density at radius 2 is 1.83 bits per heavy atom. The van der Waals surface area contributed by atoms with E-state index < -0.39 is 10.0 Å². The Labute approximate surface area is 180 Å². The standard InChI is InChI=1S/C20H23N5O3S2/c1-14-8-10-15(11-9-14)19-22-23-20(25(19)4)29-13-18(26)21-16-6-5-7-17(12-16)30(27,28)24(2)3/h5-12H,13H2,1-4H3,(H,21,26). The van der Waals surface area contributed by atoms with Crippen LogP contribution in [-0.4, -0.2) is 53.2 Å². The van der Waals surface area contributed by atoms with Crippen LogP contribution >= 0.6 is 11.8 Å². The average Bonchev–Trinajstić information content (AvgIpc) is 3.07. The third-order valence-electron chi connectivity index (χ3n) is 4.37. The van der Waals surface area contributed by atoms with E-state index in [0.29, 0.717) is 10.8 Å². The first kappa shape index (κ1) is 22.0. The van der Waals surface area contributed by atoms with Crippen molar-refractivity contribution in [3.63, 3.8) is 0 Å². The number of hydrogen-bond donors (Lipinski definition) is 1. The third kappa shape index (κ3) is 4.89. The van der Waals surface area contributed by atoms with Gasteiger partial charge in [0, 0.05) is 32.4 Å². The topological polar surface area (TPSA) is 97.2 Å². The van der Waals surface area contributed by atoms with Crippen molar-refractivity contribution >= 4 is 33.4 Å². The molecule has 158 valence electrons. The van der Waals surface area contributed by atoms with Crippen LogP contribution in [0, 0.1) is 6.92 Å². The predicted octanol–water partition coefficient (Wildman–Crippen LogP) is 2.77. The lowest BCUT2D eigenvalue weighted by molar-refractivity contribution is -0.113. The fourth-order valence-corrected chi connectivity index (χ4v) is 4.33. The number of anilines is 1. The molecular weight excluding hydrogens is 422 g/mol. The summed E-state index contributed by atoms with van der Waals surface area (Å²) in [6, 6.07) is 14.2. The molecule has 0 aliphatic carbocycles. The second-order valence-electron chi connectivity index (χ2n) is 6.88. The lowest BCUT2D eigenvalue weighted by Gasteiger charge is -2.12. The zero-order valence-corrected chi connectivity index (χ0v) is 18.8. The van der Waals surface area contributed by atoms with Crippen LogP contribution in [0.1, 0.15) is 5.56 Å². The van der Waals surface area contributed by atoms with Crippen LogP contribution in [0.25, 0.3) is 11.4 Å². The van der Waals surface area contributed by atoms with Crippen LogP contribution in [0.4, 0.5) is 5.69 Å². The van der Waals surface area contributed by atoms with Gasteiger partial charge in [-0.2, -0.15) is 0 Å². The maximum absolute atomic E-state index is 12.4. The third-order valence-corrected chi connectivity index (χ3v) is 7.20. The molecule has 1 N–H and O–H groups in total. The summed E-state index contributed by atoms with van der Waals surface area (Å²) in [4.78, 5) is 12.5. The summed E-state index contributed by atoms with van der Waals surface area (Å²) in [7, 11) is 1.21. The second kappa shape index (κ2) is 8.99. The Morgan fingerprint density at radius 3 is 2.50 bits per heavy atom. The summed E-state index contributed by atoms with van der Waals surface area (Å²) < 4.78 is 27.5. The number of aromatic nitrogens is 3. The first-order valence-corrected chi connectivity index (χ1v) is 11.5. The Hall–Kier alpha value is -2.69. The highest BCUT2D eigenvalue weighted by Gasteiger charge is 2.18. The first-order valence-electron chi connectivity index (χ1n) is 9.10. The summed E-state index contributed by atoms with van der Waals surface area (Å²) >= 11 is 1.26. The average molecular weight is 446 g/mol. The fraction of sp³-hybridized carbons (Fsp3) is 0.250. The van der Waals surface area contributed by atoms with E-state index in [1.54, 1.807) is 12.1 Å². The van der Waals surface area contributed by atoms with Gasteiger partial charge in [0.15, 0.2) is 11.0 Å². The Balaban J connectivity index is 1.65. The van der Waals surface area contributed by atoms with Crippen LogP contribution in [0.15, 0.2) is 58.6 Å². The van der Waals surface area contributed by atoms with Crippen molar-refractivity contribution in [3.8, 4) is 11.4 Å². The monoisotopic (exact) mass is 445 g/mol. The van der Waals surface area contributed by atoms with Crippen molar-refractivity contribution in [1.82, 2.24) is 19.1 Å². The van der Waals surface area contributed by atoms with E-state index in [2.05, 4.69) is 15.5 Å². The van der Waals surface area contributed by atoms with Gasteiger partial charge in [-0.25, -0.2) is 12.7 Å². The quantitative estimate of drug-likeness (QED) is 0.562. The van der Waals surface area contributed by atoms with Crippen molar-refractivity contribution < 1.29 is 13.2 Å². The van der Waals surface area contributed by atoms with E-state index in [1.807, 2.05) is 42.8 Å². The summed E-state index contributed by atoms with van der Waals surface area (Å²) in [5.74, 6) is 0.573. The van der Waals surface area contributed by atoms with Crippen molar-refractivity contribution in [2.45, 2.75) is 17.0 Å². The second-order valence-corrected chi connectivity index (χ2v) is 9.98. The molecule has 0 spiro atoms. The van der Waals surface area contributed by atoms with Crippen LogP contribution in [0.3, 0.4) is 0 Å². The molecule has 30 heavy (non-hydrogen) atoms. The molecule has 3 aromatic rings.